The van der Waals surface area contributed by atoms with Crippen LogP contribution in [0.1, 0.15) is 69.3 Å². The van der Waals surface area contributed by atoms with E-state index in [0.717, 1.165) is 12.3 Å². The van der Waals surface area contributed by atoms with Crippen LogP contribution in [-0.2, 0) is 4.79 Å². The van der Waals surface area contributed by atoms with Gasteiger partial charge in [0, 0.05) is 12.3 Å². The Labute approximate surface area is 122 Å². The molecule has 0 aliphatic heterocycles. The van der Waals surface area contributed by atoms with Crippen LogP contribution >= 0.6 is 0 Å². The Bertz CT molecular complexity index is 436. The van der Waals surface area contributed by atoms with E-state index >= 15 is 0 Å². The summed E-state index contributed by atoms with van der Waals surface area (Å²) in [4.78, 5) is 12.5. The van der Waals surface area contributed by atoms with E-state index in [4.69, 9.17) is 0 Å². The van der Waals surface area contributed by atoms with Gasteiger partial charge in [-0.1, -0.05) is 62.4 Å². The lowest BCUT2D eigenvalue weighted by Crippen LogP contribution is -2.10. The van der Waals surface area contributed by atoms with Crippen molar-refractivity contribution in [3.8, 4) is 0 Å². The summed E-state index contributed by atoms with van der Waals surface area (Å²) in [6.45, 7) is 0. The number of fused-ring (bicyclic) bond motifs is 1. The maximum atomic E-state index is 12.5. The lowest BCUT2D eigenvalue weighted by Gasteiger charge is -2.17. The average molecular weight is 270 g/mol. The molecular weight excluding hydrogens is 244 g/mol. The van der Waals surface area contributed by atoms with Gasteiger partial charge >= 0.3 is 0 Å². The first-order valence-electron chi connectivity index (χ1n) is 8.42. The molecule has 1 nitrogen and oxygen atoms in total. The lowest BCUT2D eigenvalue weighted by atomic mass is 9.87. The Hall–Kier alpha value is -1.11. The first-order valence-corrected chi connectivity index (χ1v) is 8.42. The highest BCUT2D eigenvalue weighted by molar-refractivity contribution is 5.84. The van der Waals surface area contributed by atoms with E-state index in [2.05, 4.69) is 30.3 Å². The number of Topliss-reactive ketones (excluding diaryl/α,β-unsaturated/α-hetero) is 1. The lowest BCUT2D eigenvalue weighted by molar-refractivity contribution is -0.121. The molecule has 0 spiro atoms. The molecule has 1 aromatic carbocycles. The zero-order valence-electron chi connectivity index (χ0n) is 12.4. The van der Waals surface area contributed by atoms with Gasteiger partial charge in [-0.2, -0.15) is 0 Å². The van der Waals surface area contributed by atoms with Crippen molar-refractivity contribution in [3.63, 3.8) is 0 Å². The van der Waals surface area contributed by atoms with Crippen LogP contribution < -0.4 is 0 Å². The Balaban J connectivity index is 1.68. The van der Waals surface area contributed by atoms with Gasteiger partial charge in [-0.25, -0.2) is 0 Å². The molecule has 3 rings (SSSR count). The van der Waals surface area contributed by atoms with Crippen LogP contribution in [0.15, 0.2) is 30.3 Å². The van der Waals surface area contributed by atoms with Crippen molar-refractivity contribution < 1.29 is 4.79 Å². The molecule has 0 saturated heterocycles. The van der Waals surface area contributed by atoms with E-state index in [0.29, 0.717) is 17.6 Å². The maximum absolute atomic E-state index is 12.5. The summed E-state index contributed by atoms with van der Waals surface area (Å²) in [6.07, 6.45) is 11.2. The van der Waals surface area contributed by atoms with Crippen LogP contribution in [0.5, 0.6) is 0 Å². The third-order valence-corrected chi connectivity index (χ3v) is 5.18. The predicted octanol–water partition coefficient (Wildman–Crippen LogP) is 5.11. The summed E-state index contributed by atoms with van der Waals surface area (Å²) < 4.78 is 0. The van der Waals surface area contributed by atoms with Crippen molar-refractivity contribution >= 4 is 5.78 Å². The summed E-state index contributed by atoms with van der Waals surface area (Å²) in [6, 6.07) is 10.7. The number of carbonyl (C=O) groups is 1. The van der Waals surface area contributed by atoms with Crippen molar-refractivity contribution in [2.24, 2.45) is 11.8 Å². The van der Waals surface area contributed by atoms with Gasteiger partial charge < -0.3 is 0 Å². The molecular formula is C19H26O. The van der Waals surface area contributed by atoms with Gasteiger partial charge in [0.05, 0.1) is 0 Å². The normalized spacial score (nSPS) is 31.8. The van der Waals surface area contributed by atoms with Crippen molar-refractivity contribution in [1.82, 2.24) is 0 Å². The molecule has 2 aliphatic rings. The second-order valence-electron chi connectivity index (χ2n) is 6.73. The molecule has 1 aromatic rings. The standard InChI is InChI=1S/C19H26O/c20-19-14-16(15-9-7-4-8-10-15)11-5-2-1-3-6-12-17-13-18(17)19/h4,7-10,16-18H,1-3,5-6,11-14H2/t16-,17+,18-/m1/s1. The smallest absolute Gasteiger partial charge is 0.136 e. The summed E-state index contributed by atoms with van der Waals surface area (Å²) in [5, 5.41) is 0. The molecule has 0 heterocycles. The number of hydrogen-bond acceptors (Lipinski definition) is 1. The van der Waals surface area contributed by atoms with Gasteiger partial charge in [0.25, 0.3) is 0 Å². The fourth-order valence-corrected chi connectivity index (χ4v) is 3.79. The number of carbonyl (C=O) groups excluding carboxylic acids is 1. The van der Waals surface area contributed by atoms with E-state index < -0.39 is 0 Å². The first-order chi connectivity index (χ1) is 9.84. The number of benzene rings is 1. The third-order valence-electron chi connectivity index (χ3n) is 5.18. The zero-order chi connectivity index (χ0) is 13.8. The summed E-state index contributed by atoms with van der Waals surface area (Å²) in [5.41, 5.74) is 1.37. The van der Waals surface area contributed by atoms with Gasteiger partial charge in [0.15, 0.2) is 0 Å². The number of hydrogen-bond donors (Lipinski definition) is 0. The molecule has 0 bridgehead atoms. The van der Waals surface area contributed by atoms with Gasteiger partial charge in [0.2, 0.25) is 0 Å². The quantitative estimate of drug-likeness (QED) is 0.693. The molecule has 0 amide bonds. The van der Waals surface area contributed by atoms with Crippen LogP contribution in [0.4, 0.5) is 0 Å². The highest BCUT2D eigenvalue weighted by Crippen LogP contribution is 2.45. The largest absolute Gasteiger partial charge is 0.299 e. The average Bonchev–Trinajstić information content (AvgIpc) is 3.24. The molecule has 20 heavy (non-hydrogen) atoms. The van der Waals surface area contributed by atoms with Crippen LogP contribution in [0.25, 0.3) is 0 Å². The van der Waals surface area contributed by atoms with Gasteiger partial charge in [-0.3, -0.25) is 4.79 Å². The Morgan fingerprint density at radius 2 is 1.55 bits per heavy atom. The van der Waals surface area contributed by atoms with Crippen LogP contribution in [0, 0.1) is 11.8 Å². The topological polar surface area (TPSA) is 17.1 Å². The van der Waals surface area contributed by atoms with Crippen molar-refractivity contribution in [2.75, 3.05) is 0 Å². The summed E-state index contributed by atoms with van der Waals surface area (Å²) in [5.74, 6) is 2.16. The molecule has 2 aliphatic carbocycles. The summed E-state index contributed by atoms with van der Waals surface area (Å²) >= 11 is 0. The molecule has 3 atom stereocenters. The van der Waals surface area contributed by atoms with Crippen LogP contribution in [0.3, 0.4) is 0 Å². The van der Waals surface area contributed by atoms with E-state index in [-0.39, 0.29) is 0 Å². The Morgan fingerprint density at radius 1 is 0.850 bits per heavy atom. The number of ketones is 1. The van der Waals surface area contributed by atoms with Crippen molar-refractivity contribution in [1.29, 1.82) is 0 Å². The fourth-order valence-electron chi connectivity index (χ4n) is 3.79. The fraction of sp³-hybridized carbons (Fsp3) is 0.632. The molecule has 0 radical (unpaired) electrons. The molecule has 0 unspecified atom stereocenters. The van der Waals surface area contributed by atoms with Crippen molar-refractivity contribution in [2.45, 2.75) is 63.7 Å². The highest BCUT2D eigenvalue weighted by Gasteiger charge is 2.42. The second kappa shape index (κ2) is 6.56. The molecule has 1 heteroatoms. The van der Waals surface area contributed by atoms with Gasteiger partial charge in [-0.05, 0) is 36.7 Å². The molecule has 0 aromatic heterocycles. The Morgan fingerprint density at radius 3 is 2.35 bits per heavy atom. The van der Waals surface area contributed by atoms with E-state index in [1.807, 2.05) is 0 Å². The Kier molecular flexibility index (Phi) is 4.54. The van der Waals surface area contributed by atoms with Gasteiger partial charge in [0.1, 0.15) is 5.78 Å². The minimum Gasteiger partial charge on any atom is -0.299 e. The summed E-state index contributed by atoms with van der Waals surface area (Å²) in [7, 11) is 0. The number of rotatable bonds is 1. The third kappa shape index (κ3) is 3.50. The highest BCUT2D eigenvalue weighted by atomic mass is 16.1. The monoisotopic (exact) mass is 270 g/mol. The minimum absolute atomic E-state index is 0.417. The minimum atomic E-state index is 0.417. The van der Waals surface area contributed by atoms with Gasteiger partial charge in [-0.15, -0.1) is 0 Å². The predicted molar refractivity (Wildman–Crippen MR) is 82.7 cm³/mol. The zero-order valence-corrected chi connectivity index (χ0v) is 12.4. The maximum Gasteiger partial charge on any atom is 0.136 e. The second-order valence-corrected chi connectivity index (χ2v) is 6.73. The molecule has 108 valence electrons. The van der Waals surface area contributed by atoms with E-state index in [9.17, 15) is 4.79 Å². The van der Waals surface area contributed by atoms with Crippen molar-refractivity contribution in [3.05, 3.63) is 35.9 Å². The molecule has 2 saturated carbocycles. The molecule has 0 N–H and O–H groups in total. The van der Waals surface area contributed by atoms with Crippen LogP contribution in [0.2, 0.25) is 0 Å². The first kappa shape index (κ1) is 13.9. The van der Waals surface area contributed by atoms with Crippen LogP contribution in [-0.4, -0.2) is 5.78 Å². The van der Waals surface area contributed by atoms with E-state index in [1.165, 1.54) is 56.9 Å². The van der Waals surface area contributed by atoms with E-state index in [1.54, 1.807) is 0 Å². The SMILES string of the molecule is O=C1C[C@H](c2ccccc2)CCCCCCC[C@H]2C[C@@H]12. The molecule has 2 fully saturated rings.